The van der Waals surface area contributed by atoms with Gasteiger partial charge in [-0.05, 0) is 47.1 Å². The highest BCUT2D eigenvalue weighted by Crippen LogP contribution is 2.42. The molecule has 0 spiro atoms. The van der Waals surface area contributed by atoms with E-state index in [4.69, 9.17) is 4.99 Å². The molecule has 2 aromatic carbocycles. The summed E-state index contributed by atoms with van der Waals surface area (Å²) in [5, 5.41) is 0. The van der Waals surface area contributed by atoms with Crippen molar-refractivity contribution in [1.29, 1.82) is 0 Å². The van der Waals surface area contributed by atoms with E-state index in [2.05, 4.69) is 9.98 Å². The molecule has 1 aliphatic rings. The van der Waals surface area contributed by atoms with Crippen LogP contribution in [0.4, 0.5) is 4.39 Å². The minimum Gasteiger partial charge on any atom is -0.612 e. The van der Waals surface area contributed by atoms with Gasteiger partial charge in [0.25, 0.3) is 0 Å². The lowest BCUT2D eigenvalue weighted by Gasteiger charge is -2.30. The van der Waals surface area contributed by atoms with E-state index in [1.54, 1.807) is 30.8 Å². The van der Waals surface area contributed by atoms with Crippen LogP contribution in [0, 0.1) is 5.82 Å². The van der Waals surface area contributed by atoms with Gasteiger partial charge in [0.05, 0.1) is 5.71 Å². The standard InChI is InChI=1S/C21H16FN3OS/c1-27(26)19-5-3-2-4-18(19)21(16-6-8-17(22)9-7-16)20(24-14-25-21)15-10-12-23-13-11-15/h2-14H,1H3. The van der Waals surface area contributed by atoms with E-state index in [0.29, 0.717) is 10.6 Å². The van der Waals surface area contributed by atoms with E-state index in [9.17, 15) is 8.94 Å². The quantitative estimate of drug-likeness (QED) is 0.651. The van der Waals surface area contributed by atoms with Gasteiger partial charge >= 0.3 is 0 Å². The zero-order valence-electron chi connectivity index (χ0n) is 14.5. The highest BCUT2D eigenvalue weighted by Gasteiger charge is 2.45. The first-order valence-corrected chi connectivity index (χ1v) is 9.90. The normalized spacial score (nSPS) is 19.7. The molecule has 0 radical (unpaired) electrons. The van der Waals surface area contributed by atoms with Crippen molar-refractivity contribution in [2.24, 2.45) is 9.98 Å². The lowest BCUT2D eigenvalue weighted by molar-refractivity contribution is 0.596. The van der Waals surface area contributed by atoms with E-state index in [-0.39, 0.29) is 5.82 Å². The summed E-state index contributed by atoms with van der Waals surface area (Å²) in [6.07, 6.45) is 6.53. The maximum absolute atomic E-state index is 13.6. The first-order chi connectivity index (χ1) is 13.1. The van der Waals surface area contributed by atoms with Gasteiger partial charge in [0.2, 0.25) is 0 Å². The number of halogens is 1. The molecule has 4 rings (SSSR count). The minimum atomic E-state index is -1.23. The van der Waals surface area contributed by atoms with Crippen molar-refractivity contribution in [2.45, 2.75) is 10.4 Å². The van der Waals surface area contributed by atoms with Gasteiger partial charge < -0.3 is 4.55 Å². The average molecular weight is 377 g/mol. The summed E-state index contributed by atoms with van der Waals surface area (Å²) in [5.41, 5.74) is 2.06. The summed E-state index contributed by atoms with van der Waals surface area (Å²) in [5.74, 6) is -0.328. The zero-order chi connectivity index (χ0) is 18.9. The maximum Gasteiger partial charge on any atom is 0.160 e. The number of hydrogen-bond acceptors (Lipinski definition) is 4. The topological polar surface area (TPSA) is 60.7 Å². The van der Waals surface area contributed by atoms with Crippen LogP contribution in [0.3, 0.4) is 0 Å². The van der Waals surface area contributed by atoms with Gasteiger partial charge in [0.1, 0.15) is 18.4 Å². The molecule has 27 heavy (non-hydrogen) atoms. The van der Waals surface area contributed by atoms with Crippen molar-refractivity contribution >= 4 is 23.2 Å². The van der Waals surface area contributed by atoms with Crippen LogP contribution < -0.4 is 0 Å². The Morgan fingerprint density at radius 1 is 0.963 bits per heavy atom. The number of pyridine rings is 1. The Morgan fingerprint density at radius 2 is 1.67 bits per heavy atom. The Morgan fingerprint density at radius 3 is 2.37 bits per heavy atom. The molecular formula is C21H16FN3OS. The molecule has 2 unspecified atom stereocenters. The second-order valence-corrected chi connectivity index (χ2v) is 7.47. The molecule has 0 N–H and O–H groups in total. The molecule has 0 aliphatic carbocycles. The number of aromatic nitrogens is 1. The van der Waals surface area contributed by atoms with E-state index in [0.717, 1.165) is 16.7 Å². The van der Waals surface area contributed by atoms with Crippen molar-refractivity contribution in [1.82, 2.24) is 4.98 Å². The van der Waals surface area contributed by atoms with Crippen molar-refractivity contribution in [3.05, 3.63) is 95.6 Å². The van der Waals surface area contributed by atoms with Gasteiger partial charge in [-0.15, -0.1) is 0 Å². The number of benzene rings is 2. The molecule has 0 bridgehead atoms. The van der Waals surface area contributed by atoms with Crippen molar-refractivity contribution < 1.29 is 8.94 Å². The smallest absolute Gasteiger partial charge is 0.160 e. The third kappa shape index (κ3) is 2.97. The molecule has 0 amide bonds. The van der Waals surface area contributed by atoms with E-state index >= 15 is 0 Å². The molecule has 0 saturated heterocycles. The summed E-state index contributed by atoms with van der Waals surface area (Å²) in [7, 11) is 0. The minimum absolute atomic E-state index is 0.328. The van der Waals surface area contributed by atoms with Gasteiger partial charge in [0, 0.05) is 23.5 Å². The molecule has 0 saturated carbocycles. The van der Waals surface area contributed by atoms with Crippen LogP contribution >= 0.6 is 0 Å². The summed E-state index contributed by atoms with van der Waals surface area (Å²) in [6, 6.07) is 17.4. The molecule has 1 aromatic heterocycles. The summed E-state index contributed by atoms with van der Waals surface area (Å²) in [6.45, 7) is 0. The number of nitrogens with zero attached hydrogens (tertiary/aromatic N) is 3. The van der Waals surface area contributed by atoms with Gasteiger partial charge in [-0.2, -0.15) is 0 Å². The molecule has 0 fully saturated rings. The predicted octanol–water partition coefficient (Wildman–Crippen LogP) is 3.73. The van der Waals surface area contributed by atoms with Crippen LogP contribution in [-0.2, 0) is 16.7 Å². The zero-order valence-corrected chi connectivity index (χ0v) is 15.4. The third-order valence-corrected chi connectivity index (χ3v) is 5.56. The monoisotopic (exact) mass is 377 g/mol. The van der Waals surface area contributed by atoms with Gasteiger partial charge in [-0.3, -0.25) is 9.98 Å². The van der Waals surface area contributed by atoms with Gasteiger partial charge in [-0.1, -0.05) is 30.3 Å². The SMILES string of the molecule is C[S+]([O-])c1ccccc1C1(c2ccc(F)cc2)N=CN=C1c1ccncc1. The highest BCUT2D eigenvalue weighted by molar-refractivity contribution is 7.90. The first kappa shape index (κ1) is 17.6. The molecule has 134 valence electrons. The number of aliphatic imine (C=N–C) groups is 2. The fourth-order valence-electron chi connectivity index (χ4n) is 3.39. The summed E-state index contributed by atoms with van der Waals surface area (Å²) < 4.78 is 26.0. The summed E-state index contributed by atoms with van der Waals surface area (Å²) in [4.78, 5) is 14.0. The maximum atomic E-state index is 13.6. The Kier molecular flexibility index (Phi) is 4.59. The number of rotatable bonds is 4. The van der Waals surface area contributed by atoms with Crippen molar-refractivity contribution in [3.63, 3.8) is 0 Å². The van der Waals surface area contributed by atoms with Crippen LogP contribution in [0.15, 0.2) is 87.9 Å². The van der Waals surface area contributed by atoms with Crippen LogP contribution in [0.1, 0.15) is 16.7 Å². The first-order valence-electron chi connectivity index (χ1n) is 8.34. The average Bonchev–Trinajstić information content (AvgIpc) is 3.15. The molecule has 2 atom stereocenters. The molecule has 3 aromatic rings. The Labute approximate surface area is 159 Å². The Hall–Kier alpha value is -2.83. The Bertz CT molecular complexity index is 1020. The van der Waals surface area contributed by atoms with Gasteiger partial charge in [-0.25, -0.2) is 9.38 Å². The third-order valence-electron chi connectivity index (χ3n) is 4.58. The van der Waals surface area contributed by atoms with Crippen molar-refractivity contribution in [2.75, 3.05) is 6.26 Å². The fourth-order valence-corrected chi connectivity index (χ4v) is 4.19. The van der Waals surface area contributed by atoms with Crippen LogP contribution in [0.2, 0.25) is 0 Å². The molecule has 6 heteroatoms. The number of hydrogen-bond donors (Lipinski definition) is 0. The van der Waals surface area contributed by atoms with Crippen LogP contribution in [0.25, 0.3) is 0 Å². The fraction of sp³-hybridized carbons (Fsp3) is 0.0952. The van der Waals surface area contributed by atoms with E-state index in [1.807, 2.05) is 36.4 Å². The van der Waals surface area contributed by atoms with Crippen LogP contribution in [-0.4, -0.2) is 27.8 Å². The molecule has 1 aliphatic heterocycles. The lowest BCUT2D eigenvalue weighted by atomic mass is 9.77. The molecule has 2 heterocycles. The van der Waals surface area contributed by atoms with Crippen molar-refractivity contribution in [3.8, 4) is 0 Å². The van der Waals surface area contributed by atoms with E-state index in [1.165, 1.54) is 18.5 Å². The second-order valence-electron chi connectivity index (χ2n) is 6.13. The molecular weight excluding hydrogens is 361 g/mol. The summed E-state index contributed by atoms with van der Waals surface area (Å²) >= 11 is -1.23. The Balaban J connectivity index is 2.02. The largest absolute Gasteiger partial charge is 0.612 e. The van der Waals surface area contributed by atoms with E-state index < -0.39 is 16.7 Å². The molecule has 4 nitrogen and oxygen atoms in total. The second kappa shape index (κ2) is 7.06. The highest BCUT2D eigenvalue weighted by atomic mass is 32.2. The lowest BCUT2D eigenvalue weighted by Crippen LogP contribution is -2.35. The predicted molar refractivity (Wildman–Crippen MR) is 105 cm³/mol. The van der Waals surface area contributed by atoms with Gasteiger partial charge in [0.15, 0.2) is 10.4 Å². The van der Waals surface area contributed by atoms with Crippen LogP contribution in [0.5, 0.6) is 0 Å².